The molecule has 0 radical (unpaired) electrons. The minimum Gasteiger partial charge on any atom is -0.462 e. The molecule has 0 rings (SSSR count). The maximum Gasteiger partial charge on any atom is 0.469 e. The minimum absolute atomic E-state index is 0.0857. The zero-order valence-corrected chi connectivity index (χ0v) is 30.1. The monoisotopic (exact) mass is 702 g/mol. The molecule has 0 aromatic rings. The molecule has 0 saturated carbocycles. The van der Waals surface area contributed by atoms with Gasteiger partial charge in [0.2, 0.25) is 0 Å². The molecule has 0 amide bonds. The largest absolute Gasteiger partial charge is 0.469 e. The molecule has 0 unspecified atom stereocenters. The smallest absolute Gasteiger partial charge is 0.462 e. The van der Waals surface area contributed by atoms with Gasteiger partial charge in [0.25, 0.3) is 0 Å². The van der Waals surface area contributed by atoms with Crippen molar-refractivity contribution in [2.75, 3.05) is 13.2 Å². The Morgan fingerprint density at radius 3 is 1.75 bits per heavy atom. The first-order valence-electron chi connectivity index (χ1n) is 17.8. The van der Waals surface area contributed by atoms with E-state index in [1.807, 2.05) is 0 Å². The molecule has 48 heavy (non-hydrogen) atoms. The highest BCUT2D eigenvalue weighted by Gasteiger charge is 2.23. The summed E-state index contributed by atoms with van der Waals surface area (Å²) in [4.78, 5) is 42.6. The number of phosphoric acid groups is 1. The Morgan fingerprint density at radius 2 is 1.15 bits per heavy atom. The second-order valence-electron chi connectivity index (χ2n) is 12.1. The lowest BCUT2D eigenvalue weighted by molar-refractivity contribution is -0.161. The van der Waals surface area contributed by atoms with Crippen molar-refractivity contribution >= 4 is 19.8 Å². The van der Waals surface area contributed by atoms with E-state index >= 15 is 0 Å². The first-order valence-corrected chi connectivity index (χ1v) is 19.3. The van der Waals surface area contributed by atoms with Crippen LogP contribution < -0.4 is 0 Å². The van der Waals surface area contributed by atoms with E-state index in [0.29, 0.717) is 6.42 Å². The Hall–Kier alpha value is -2.11. The molecule has 0 aliphatic carbocycles. The van der Waals surface area contributed by atoms with E-state index in [9.17, 15) is 29.5 Å². The number of hydrogen-bond donors (Lipinski definition) is 5. The third-order valence-corrected chi connectivity index (χ3v) is 7.95. The van der Waals surface area contributed by atoms with Crippen molar-refractivity contribution in [3.05, 3.63) is 48.6 Å². The second kappa shape index (κ2) is 30.9. The van der Waals surface area contributed by atoms with Crippen LogP contribution in [0.1, 0.15) is 129 Å². The van der Waals surface area contributed by atoms with Crippen molar-refractivity contribution < 1.29 is 53.3 Å². The second-order valence-corrected chi connectivity index (χ2v) is 13.3. The Kier molecular flexibility index (Phi) is 29.6. The van der Waals surface area contributed by atoms with Gasteiger partial charge >= 0.3 is 19.8 Å². The molecule has 0 saturated heterocycles. The highest BCUT2D eigenvalue weighted by atomic mass is 31.2. The molecule has 278 valence electrons. The van der Waals surface area contributed by atoms with E-state index < -0.39 is 57.4 Å². The van der Waals surface area contributed by atoms with Gasteiger partial charge in [-0.2, -0.15) is 0 Å². The summed E-state index contributed by atoms with van der Waals surface area (Å²) in [6.07, 6.45) is 25.0. The molecule has 11 nitrogen and oxygen atoms in total. The third-order valence-electron chi connectivity index (χ3n) is 7.47. The lowest BCUT2D eigenvalue weighted by Crippen LogP contribution is -2.29. The number of carbonyl (C=O) groups is 2. The molecular weight excluding hydrogens is 639 g/mol. The maximum atomic E-state index is 12.3. The zero-order valence-electron chi connectivity index (χ0n) is 29.2. The number of esters is 2. The van der Waals surface area contributed by atoms with Crippen LogP contribution in [0.15, 0.2) is 48.6 Å². The van der Waals surface area contributed by atoms with Gasteiger partial charge in [-0.3, -0.25) is 14.1 Å². The molecule has 0 aliphatic rings. The van der Waals surface area contributed by atoms with E-state index in [1.165, 1.54) is 44.6 Å². The van der Waals surface area contributed by atoms with Crippen molar-refractivity contribution in [2.24, 2.45) is 0 Å². The van der Waals surface area contributed by atoms with Crippen LogP contribution in [0.4, 0.5) is 0 Å². The van der Waals surface area contributed by atoms with Crippen molar-refractivity contribution in [3.8, 4) is 0 Å². The number of unbranched alkanes of at least 4 members (excludes halogenated alkanes) is 11. The number of aliphatic hydroxyl groups is 3. The molecule has 0 bridgehead atoms. The summed E-state index contributed by atoms with van der Waals surface area (Å²) >= 11 is 0. The maximum absolute atomic E-state index is 12.3. The fourth-order valence-corrected chi connectivity index (χ4v) is 5.00. The van der Waals surface area contributed by atoms with Gasteiger partial charge in [0.1, 0.15) is 6.61 Å². The molecular formula is C36H63O11P. The number of carbonyl (C=O) groups excluding carboxylic acids is 2. The molecule has 4 atom stereocenters. The lowest BCUT2D eigenvalue weighted by atomic mass is 10.1. The Labute approximate surface area is 288 Å². The Balaban J connectivity index is 4.38. The van der Waals surface area contributed by atoms with Crippen molar-refractivity contribution in [2.45, 2.75) is 154 Å². The number of ether oxygens (including phenoxy) is 2. The van der Waals surface area contributed by atoms with Gasteiger partial charge < -0.3 is 34.6 Å². The van der Waals surface area contributed by atoms with Crippen LogP contribution in [0, 0.1) is 0 Å². The highest BCUT2D eigenvalue weighted by Crippen LogP contribution is 2.36. The van der Waals surface area contributed by atoms with Gasteiger partial charge in [0.05, 0.1) is 24.9 Å². The van der Waals surface area contributed by atoms with E-state index in [1.54, 1.807) is 42.5 Å². The molecule has 0 fully saturated rings. The summed E-state index contributed by atoms with van der Waals surface area (Å²) in [6.45, 7) is 3.23. The predicted molar refractivity (Wildman–Crippen MR) is 188 cm³/mol. The zero-order chi connectivity index (χ0) is 35.9. The Bertz CT molecular complexity index is 973. The average Bonchev–Trinajstić information content (AvgIpc) is 3.04. The van der Waals surface area contributed by atoms with Gasteiger partial charge in [-0.25, -0.2) is 4.57 Å². The van der Waals surface area contributed by atoms with E-state index in [-0.39, 0.29) is 25.7 Å². The van der Waals surface area contributed by atoms with Crippen LogP contribution in [0.2, 0.25) is 0 Å². The minimum atomic E-state index is -4.83. The van der Waals surface area contributed by atoms with Gasteiger partial charge in [0, 0.05) is 12.8 Å². The summed E-state index contributed by atoms with van der Waals surface area (Å²) in [5.41, 5.74) is 0. The van der Waals surface area contributed by atoms with Crippen molar-refractivity contribution in [3.63, 3.8) is 0 Å². The molecule has 5 N–H and O–H groups in total. The predicted octanol–water partition coefficient (Wildman–Crippen LogP) is 6.92. The van der Waals surface area contributed by atoms with Crippen LogP contribution in [0.3, 0.4) is 0 Å². The molecule has 0 heterocycles. The summed E-state index contributed by atoms with van der Waals surface area (Å²) in [6, 6.07) is 0. The number of allylic oxidation sites excluding steroid dienone is 6. The fourth-order valence-electron chi connectivity index (χ4n) is 4.64. The average molecular weight is 703 g/mol. The molecule has 0 spiro atoms. The molecule has 0 aromatic carbocycles. The number of phosphoric ester groups is 1. The summed E-state index contributed by atoms with van der Waals surface area (Å²) in [7, 11) is -4.83. The number of hydrogen-bond acceptors (Lipinski definition) is 9. The van der Waals surface area contributed by atoms with Crippen LogP contribution in [-0.2, 0) is 28.2 Å². The quantitative estimate of drug-likeness (QED) is 0.0219. The van der Waals surface area contributed by atoms with Crippen LogP contribution >= 0.6 is 7.82 Å². The number of rotatable bonds is 31. The summed E-state index contributed by atoms with van der Waals surface area (Å²) in [5, 5.41) is 30.2. The number of aliphatic hydroxyl groups excluding tert-OH is 3. The van der Waals surface area contributed by atoms with Gasteiger partial charge in [0.15, 0.2) is 6.10 Å². The van der Waals surface area contributed by atoms with Crippen LogP contribution in [0.25, 0.3) is 0 Å². The summed E-state index contributed by atoms with van der Waals surface area (Å²) in [5.74, 6) is -1.22. The third kappa shape index (κ3) is 31.2. The van der Waals surface area contributed by atoms with Crippen LogP contribution in [0.5, 0.6) is 0 Å². The van der Waals surface area contributed by atoms with Gasteiger partial charge in [-0.05, 0) is 25.7 Å². The Morgan fingerprint density at radius 1 is 0.625 bits per heavy atom. The van der Waals surface area contributed by atoms with Crippen LogP contribution in [-0.4, -0.2) is 74.7 Å². The van der Waals surface area contributed by atoms with E-state index in [2.05, 4.69) is 18.4 Å². The van der Waals surface area contributed by atoms with E-state index in [0.717, 1.165) is 44.9 Å². The SMILES string of the molecule is CCCCCCCCCCCCC(=O)O[C@H](COC(=O)CCC[C@@H](O)[C@H](O)/C=C/C=C/C=C\C=C\[C@H](O)CCCCC)COP(=O)(O)O. The molecule has 0 aliphatic heterocycles. The first-order chi connectivity index (χ1) is 23.0. The lowest BCUT2D eigenvalue weighted by Gasteiger charge is -2.18. The molecule has 12 heteroatoms. The topological polar surface area (TPSA) is 180 Å². The standard InChI is InChI=1S/C36H63O11P/c1-3-5-7-8-9-10-11-12-17-21-27-36(41)47-32(30-46-48(42,43)44)29-45-35(40)28-22-26-34(39)33(38)25-20-16-14-13-15-19-24-31(37)23-18-6-4-2/h13-16,19-20,24-25,31-34,37-39H,3-12,17-18,21-23,26-30H2,1-2H3,(H2,42,43,44)/b15-13-,16-14+,24-19+,25-20+/t31-,32-,33-,34-/m1/s1. The summed E-state index contributed by atoms with van der Waals surface area (Å²) < 4.78 is 26.0. The van der Waals surface area contributed by atoms with Crippen molar-refractivity contribution in [1.82, 2.24) is 0 Å². The van der Waals surface area contributed by atoms with Gasteiger partial charge in [-0.1, -0.05) is 140 Å². The molecule has 0 aromatic heterocycles. The first kappa shape index (κ1) is 45.9. The van der Waals surface area contributed by atoms with E-state index in [4.69, 9.17) is 19.3 Å². The highest BCUT2D eigenvalue weighted by molar-refractivity contribution is 7.46. The van der Waals surface area contributed by atoms with Gasteiger partial charge in [-0.15, -0.1) is 0 Å². The normalized spacial score (nSPS) is 15.1. The van der Waals surface area contributed by atoms with Crippen molar-refractivity contribution in [1.29, 1.82) is 0 Å². The fraction of sp³-hybridized carbons (Fsp3) is 0.722.